The van der Waals surface area contributed by atoms with Gasteiger partial charge in [0.05, 0.1) is 12.4 Å². The zero-order valence-corrected chi connectivity index (χ0v) is 23.0. The topological polar surface area (TPSA) is 345 Å². The fourth-order valence-corrected chi connectivity index (χ4v) is 3.59. The number of nitrogens with one attached hydrogen (secondary N) is 4. The number of H-pyrrole nitrogens is 1. The van der Waals surface area contributed by atoms with Gasteiger partial charge in [0.2, 0.25) is 17.7 Å². The highest BCUT2D eigenvalue weighted by Crippen LogP contribution is 2.06. The van der Waals surface area contributed by atoms with E-state index in [1.807, 2.05) is 0 Å². The second kappa shape index (κ2) is 18.4. The van der Waals surface area contributed by atoms with E-state index in [1.165, 1.54) is 12.5 Å². The van der Waals surface area contributed by atoms with E-state index in [0.29, 0.717) is 5.69 Å². The van der Waals surface area contributed by atoms with E-state index in [4.69, 9.17) is 33.8 Å². The van der Waals surface area contributed by atoms with Crippen molar-refractivity contribution in [3.05, 3.63) is 18.2 Å². The highest BCUT2D eigenvalue weighted by atomic mass is 16.4. The van der Waals surface area contributed by atoms with Gasteiger partial charge in [0, 0.05) is 37.8 Å². The van der Waals surface area contributed by atoms with Crippen LogP contribution in [0.1, 0.15) is 44.2 Å². The smallest absolute Gasteiger partial charge is 0.326 e. The first-order valence-electron chi connectivity index (χ1n) is 13.0. The molecule has 1 heterocycles. The molecule has 4 atom stereocenters. The highest BCUT2D eigenvalue weighted by molar-refractivity contribution is 5.94. The summed E-state index contributed by atoms with van der Waals surface area (Å²) >= 11 is 0. The van der Waals surface area contributed by atoms with Crippen LogP contribution in [0.4, 0.5) is 0 Å². The fraction of sp³-hybridized carbons (Fsp3) is 0.565. The Hall–Kier alpha value is -4.94. The van der Waals surface area contributed by atoms with Crippen molar-refractivity contribution in [3.63, 3.8) is 0 Å². The number of rotatable bonds is 20. The first-order chi connectivity index (χ1) is 19.8. The van der Waals surface area contributed by atoms with Crippen LogP contribution in [0, 0.1) is 0 Å². The molecule has 234 valence electrons. The molecule has 0 saturated carbocycles. The molecule has 0 aromatic carbocycles. The van der Waals surface area contributed by atoms with E-state index in [-0.39, 0.29) is 70.0 Å². The SMILES string of the molecule is NC(N)=NCCCC(NC(=O)C(CCCN=C(N)N)NC(=O)C(Cc1cnc[nH]1)NC(=O)C(N)CCC(=O)O)C(=O)O. The molecule has 3 amide bonds. The molecule has 0 saturated heterocycles. The number of nitrogens with zero attached hydrogens (tertiary/aromatic N) is 3. The summed E-state index contributed by atoms with van der Waals surface area (Å²) < 4.78 is 0. The lowest BCUT2D eigenvalue weighted by molar-refractivity contribution is -0.142. The Morgan fingerprint density at radius 1 is 0.810 bits per heavy atom. The van der Waals surface area contributed by atoms with Crippen molar-refractivity contribution >= 4 is 41.6 Å². The van der Waals surface area contributed by atoms with Crippen LogP contribution < -0.4 is 44.6 Å². The number of nitrogens with two attached hydrogens (primary N) is 5. The van der Waals surface area contributed by atoms with Gasteiger partial charge in [0.1, 0.15) is 18.1 Å². The Morgan fingerprint density at radius 3 is 1.83 bits per heavy atom. The van der Waals surface area contributed by atoms with E-state index in [2.05, 4.69) is 35.9 Å². The average Bonchev–Trinajstić information content (AvgIpc) is 3.42. The van der Waals surface area contributed by atoms with Crippen LogP contribution in [0.25, 0.3) is 0 Å². The molecule has 0 aliphatic heterocycles. The van der Waals surface area contributed by atoms with Gasteiger partial charge in [0.25, 0.3) is 0 Å². The third kappa shape index (κ3) is 14.4. The third-order valence-corrected chi connectivity index (χ3v) is 5.76. The van der Waals surface area contributed by atoms with Crippen LogP contribution in [0.5, 0.6) is 0 Å². The molecule has 16 N–H and O–H groups in total. The van der Waals surface area contributed by atoms with E-state index < -0.39 is 53.8 Å². The van der Waals surface area contributed by atoms with E-state index in [1.54, 1.807) is 0 Å². The molecule has 0 fully saturated rings. The van der Waals surface area contributed by atoms with Gasteiger partial charge in [-0.2, -0.15) is 0 Å². The minimum Gasteiger partial charge on any atom is -0.481 e. The zero-order valence-electron chi connectivity index (χ0n) is 23.0. The first-order valence-corrected chi connectivity index (χ1v) is 13.0. The maximum Gasteiger partial charge on any atom is 0.326 e. The van der Waals surface area contributed by atoms with E-state index in [9.17, 15) is 29.1 Å². The fourth-order valence-electron chi connectivity index (χ4n) is 3.59. The number of carboxylic acids is 2. The Bertz CT molecular complexity index is 1100. The molecule has 1 rings (SSSR count). The molecular weight excluding hydrogens is 556 g/mol. The number of aromatic nitrogens is 2. The number of hydrogen-bond donors (Lipinski definition) is 11. The maximum absolute atomic E-state index is 13.3. The van der Waals surface area contributed by atoms with Gasteiger partial charge in [-0.05, 0) is 32.1 Å². The second-order valence-corrected chi connectivity index (χ2v) is 9.24. The van der Waals surface area contributed by atoms with Gasteiger partial charge in [0.15, 0.2) is 11.9 Å². The van der Waals surface area contributed by atoms with Gasteiger partial charge < -0.3 is 59.8 Å². The number of aliphatic imine (C=N–C) groups is 2. The highest BCUT2D eigenvalue weighted by Gasteiger charge is 2.30. The summed E-state index contributed by atoms with van der Waals surface area (Å²) in [5.74, 6) is -5.15. The van der Waals surface area contributed by atoms with Crippen molar-refractivity contribution in [3.8, 4) is 0 Å². The minimum atomic E-state index is -1.31. The van der Waals surface area contributed by atoms with Crippen molar-refractivity contribution in [1.82, 2.24) is 25.9 Å². The molecular formula is C23H40N12O7. The number of carbonyl (C=O) groups is 5. The van der Waals surface area contributed by atoms with Crippen molar-refractivity contribution in [2.24, 2.45) is 38.7 Å². The standard InChI is InChI=1S/C23H40N12O7/c24-13(5-6-17(36)37)18(38)35-16(9-12-10-29-11-32-12)20(40)33-14(3-1-7-30-22(25)26)19(39)34-15(21(41)42)4-2-8-31-23(27)28/h10-11,13-16H,1-9,24H2,(H,29,32)(H,33,40)(H,34,39)(H,35,38)(H,36,37)(H,41,42)(H4,25,26,30)(H4,27,28,31). The number of carboxylic acid groups (broad SMARTS) is 2. The quantitative estimate of drug-likeness (QED) is 0.0386. The average molecular weight is 597 g/mol. The predicted octanol–water partition coefficient (Wildman–Crippen LogP) is -4.21. The van der Waals surface area contributed by atoms with E-state index >= 15 is 0 Å². The summed E-state index contributed by atoms with van der Waals surface area (Å²) in [6.07, 6.45) is 2.67. The van der Waals surface area contributed by atoms with Crippen molar-refractivity contribution in [2.45, 2.75) is 69.1 Å². The zero-order chi connectivity index (χ0) is 31.7. The normalized spacial score (nSPS) is 13.5. The van der Waals surface area contributed by atoms with Crippen molar-refractivity contribution in [2.75, 3.05) is 13.1 Å². The Balaban J connectivity index is 3.08. The van der Waals surface area contributed by atoms with Crippen LogP contribution in [0.3, 0.4) is 0 Å². The molecule has 19 heteroatoms. The van der Waals surface area contributed by atoms with E-state index in [0.717, 1.165) is 0 Å². The van der Waals surface area contributed by atoms with Crippen LogP contribution >= 0.6 is 0 Å². The number of amides is 3. The van der Waals surface area contributed by atoms with Gasteiger partial charge >= 0.3 is 11.9 Å². The number of guanidine groups is 2. The molecule has 42 heavy (non-hydrogen) atoms. The molecule has 0 bridgehead atoms. The summed E-state index contributed by atoms with van der Waals surface area (Å²) in [6, 6.07) is -5.02. The Kier molecular flexibility index (Phi) is 15.4. The molecule has 0 aliphatic rings. The number of aliphatic carboxylic acids is 2. The molecule has 4 unspecified atom stereocenters. The first kappa shape index (κ1) is 35.1. The lowest BCUT2D eigenvalue weighted by Gasteiger charge is -2.25. The number of carbonyl (C=O) groups excluding carboxylic acids is 3. The molecule has 0 spiro atoms. The van der Waals surface area contributed by atoms with Crippen molar-refractivity contribution in [1.29, 1.82) is 0 Å². The molecule has 0 radical (unpaired) electrons. The number of imidazole rings is 1. The molecule has 1 aromatic heterocycles. The summed E-state index contributed by atoms with van der Waals surface area (Å²) in [5, 5.41) is 25.9. The predicted molar refractivity (Wildman–Crippen MR) is 150 cm³/mol. The maximum atomic E-state index is 13.3. The van der Waals surface area contributed by atoms with Gasteiger partial charge in [-0.15, -0.1) is 0 Å². The van der Waals surface area contributed by atoms with Crippen LogP contribution in [-0.4, -0.2) is 99.0 Å². The summed E-state index contributed by atoms with van der Waals surface area (Å²) in [4.78, 5) is 76.1. The van der Waals surface area contributed by atoms with Crippen LogP contribution in [0.15, 0.2) is 22.5 Å². The summed E-state index contributed by atoms with van der Waals surface area (Å²) in [7, 11) is 0. The van der Waals surface area contributed by atoms with Gasteiger partial charge in [-0.1, -0.05) is 0 Å². The largest absolute Gasteiger partial charge is 0.481 e. The lowest BCUT2D eigenvalue weighted by Crippen LogP contribution is -2.57. The summed E-state index contributed by atoms with van der Waals surface area (Å²) in [5.41, 5.74) is 27.5. The molecule has 19 nitrogen and oxygen atoms in total. The molecule has 1 aromatic rings. The third-order valence-electron chi connectivity index (χ3n) is 5.76. The number of hydrogen-bond acceptors (Lipinski definition) is 9. The Morgan fingerprint density at radius 2 is 1.33 bits per heavy atom. The minimum absolute atomic E-state index is 0.000736. The van der Waals surface area contributed by atoms with Gasteiger partial charge in [-0.25, -0.2) is 9.78 Å². The number of aromatic amines is 1. The van der Waals surface area contributed by atoms with Crippen LogP contribution in [-0.2, 0) is 30.4 Å². The molecule has 0 aliphatic carbocycles. The van der Waals surface area contributed by atoms with Gasteiger partial charge in [-0.3, -0.25) is 29.2 Å². The lowest BCUT2D eigenvalue weighted by atomic mass is 10.1. The monoisotopic (exact) mass is 596 g/mol. The summed E-state index contributed by atoms with van der Waals surface area (Å²) in [6.45, 7) is 0.264. The van der Waals surface area contributed by atoms with Crippen LogP contribution in [0.2, 0.25) is 0 Å². The van der Waals surface area contributed by atoms with Crippen molar-refractivity contribution < 1.29 is 34.2 Å². The second-order valence-electron chi connectivity index (χ2n) is 9.24. The Labute approximate surface area is 241 Å².